The fourth-order valence-corrected chi connectivity index (χ4v) is 3.93. The van der Waals surface area contributed by atoms with E-state index in [2.05, 4.69) is 9.82 Å². The minimum absolute atomic E-state index is 0.0130. The van der Waals surface area contributed by atoms with Gasteiger partial charge in [-0.1, -0.05) is 23.7 Å². The van der Waals surface area contributed by atoms with E-state index in [4.69, 9.17) is 11.6 Å². The zero-order chi connectivity index (χ0) is 19.8. The molecule has 27 heavy (non-hydrogen) atoms. The molecule has 7 nitrogen and oxygen atoms in total. The molecule has 0 fully saturated rings. The van der Waals surface area contributed by atoms with E-state index < -0.39 is 16.0 Å². The highest BCUT2D eigenvalue weighted by Gasteiger charge is 2.19. The summed E-state index contributed by atoms with van der Waals surface area (Å²) in [4.78, 5) is 11.3. The van der Waals surface area contributed by atoms with E-state index in [0.29, 0.717) is 0 Å². The average Bonchev–Trinajstić information content (AvgIpc) is 2.94. The van der Waals surface area contributed by atoms with Gasteiger partial charge in [0.1, 0.15) is 0 Å². The number of rotatable bonds is 5. The Kier molecular flexibility index (Phi) is 4.95. The Morgan fingerprint density at radius 1 is 1.19 bits per heavy atom. The van der Waals surface area contributed by atoms with Gasteiger partial charge in [0, 0.05) is 23.8 Å². The monoisotopic (exact) mass is 405 g/mol. The molecule has 2 aromatic carbocycles. The molecular weight excluding hydrogens is 390 g/mol. The van der Waals surface area contributed by atoms with Gasteiger partial charge in [-0.3, -0.25) is 9.40 Å². The van der Waals surface area contributed by atoms with Crippen molar-refractivity contribution in [3.8, 4) is 11.1 Å². The fourth-order valence-electron chi connectivity index (χ4n) is 2.68. The van der Waals surface area contributed by atoms with Crippen LogP contribution in [0.15, 0.2) is 53.6 Å². The fraction of sp³-hybridized carbons (Fsp3) is 0.111. The lowest BCUT2D eigenvalue weighted by molar-refractivity contribution is 0.0698. The summed E-state index contributed by atoms with van der Waals surface area (Å²) in [6.07, 6.45) is 1.85. The summed E-state index contributed by atoms with van der Waals surface area (Å²) in [6, 6.07) is 10.2. The van der Waals surface area contributed by atoms with Crippen LogP contribution in [-0.4, -0.2) is 29.3 Å². The smallest absolute Gasteiger partial charge is 0.337 e. The van der Waals surface area contributed by atoms with Crippen LogP contribution in [-0.2, 0) is 17.1 Å². The number of carbonyl (C=O) groups is 1. The van der Waals surface area contributed by atoms with E-state index in [1.807, 2.05) is 20.2 Å². The number of anilines is 1. The topological polar surface area (TPSA) is 101 Å². The second-order valence-corrected chi connectivity index (χ2v) is 8.05. The van der Waals surface area contributed by atoms with Crippen LogP contribution in [0.4, 0.5) is 5.69 Å². The first-order valence-corrected chi connectivity index (χ1v) is 9.70. The van der Waals surface area contributed by atoms with Gasteiger partial charge in [0.25, 0.3) is 10.0 Å². The molecule has 0 aliphatic heterocycles. The predicted molar refractivity (Wildman–Crippen MR) is 103 cm³/mol. The van der Waals surface area contributed by atoms with Crippen molar-refractivity contribution in [2.75, 3.05) is 4.72 Å². The van der Waals surface area contributed by atoms with Crippen LogP contribution >= 0.6 is 11.6 Å². The standard InChI is InChI=1S/C18H16ClN3O4S/c1-11-16(10-22(2)20-11)12-3-6-14(7-4-12)27(25,26)21-17-8-5-13(19)9-15(17)18(23)24/h3-10,21H,1-2H3,(H,23,24). The Balaban J connectivity index is 1.92. The molecule has 1 aromatic heterocycles. The summed E-state index contributed by atoms with van der Waals surface area (Å²) in [5.74, 6) is -1.28. The Labute approximate surface area is 161 Å². The van der Waals surface area contributed by atoms with Crippen molar-refractivity contribution >= 4 is 33.3 Å². The maximum absolute atomic E-state index is 12.6. The first kappa shape index (κ1) is 18.9. The van der Waals surface area contributed by atoms with E-state index in [0.717, 1.165) is 16.8 Å². The molecule has 3 aromatic rings. The van der Waals surface area contributed by atoms with Gasteiger partial charge < -0.3 is 5.11 Å². The van der Waals surface area contributed by atoms with E-state index in [1.165, 1.54) is 30.3 Å². The van der Waals surface area contributed by atoms with E-state index in [9.17, 15) is 18.3 Å². The van der Waals surface area contributed by atoms with Gasteiger partial charge in [0.15, 0.2) is 0 Å². The van der Waals surface area contributed by atoms with Gasteiger partial charge in [-0.25, -0.2) is 13.2 Å². The van der Waals surface area contributed by atoms with E-state index >= 15 is 0 Å². The van der Waals surface area contributed by atoms with Crippen LogP contribution in [0.2, 0.25) is 5.02 Å². The van der Waals surface area contributed by atoms with Crippen molar-refractivity contribution < 1.29 is 18.3 Å². The zero-order valence-electron chi connectivity index (χ0n) is 14.5. The van der Waals surface area contributed by atoms with Gasteiger partial charge in [0.2, 0.25) is 0 Å². The third kappa shape index (κ3) is 3.96. The highest BCUT2D eigenvalue weighted by Crippen LogP contribution is 2.26. The van der Waals surface area contributed by atoms with Gasteiger partial charge in [-0.2, -0.15) is 5.10 Å². The molecule has 0 unspecified atom stereocenters. The van der Waals surface area contributed by atoms with Crippen molar-refractivity contribution in [3.05, 3.63) is 64.9 Å². The van der Waals surface area contributed by atoms with Crippen molar-refractivity contribution in [2.45, 2.75) is 11.8 Å². The molecule has 0 aliphatic rings. The molecule has 0 saturated heterocycles. The lowest BCUT2D eigenvalue weighted by Gasteiger charge is -2.11. The van der Waals surface area contributed by atoms with Gasteiger partial charge in [0.05, 0.1) is 21.8 Å². The quantitative estimate of drug-likeness (QED) is 0.675. The van der Waals surface area contributed by atoms with Crippen LogP contribution in [0.3, 0.4) is 0 Å². The van der Waals surface area contributed by atoms with E-state index in [-0.39, 0.29) is 21.2 Å². The molecule has 1 heterocycles. The SMILES string of the molecule is Cc1nn(C)cc1-c1ccc(S(=O)(=O)Nc2ccc(Cl)cc2C(=O)O)cc1. The van der Waals surface area contributed by atoms with Crippen molar-refractivity contribution in [1.82, 2.24) is 9.78 Å². The Morgan fingerprint density at radius 2 is 1.85 bits per heavy atom. The largest absolute Gasteiger partial charge is 0.478 e. The molecule has 140 valence electrons. The highest BCUT2D eigenvalue weighted by atomic mass is 35.5. The maximum Gasteiger partial charge on any atom is 0.337 e. The normalized spacial score (nSPS) is 11.4. The number of halogens is 1. The zero-order valence-corrected chi connectivity index (χ0v) is 16.0. The molecule has 0 aliphatic carbocycles. The molecule has 0 spiro atoms. The summed E-state index contributed by atoms with van der Waals surface area (Å²) in [5.41, 5.74) is 2.28. The molecule has 3 rings (SSSR count). The van der Waals surface area contributed by atoms with Crippen LogP contribution in [0, 0.1) is 6.92 Å². The van der Waals surface area contributed by atoms with Crippen LogP contribution in [0.1, 0.15) is 16.1 Å². The van der Waals surface area contributed by atoms with Gasteiger partial charge in [-0.05, 0) is 42.8 Å². The third-order valence-electron chi connectivity index (χ3n) is 3.95. The number of sulfonamides is 1. The minimum Gasteiger partial charge on any atom is -0.478 e. The molecule has 9 heteroatoms. The molecular formula is C18H16ClN3O4S. The van der Waals surface area contributed by atoms with Crippen molar-refractivity contribution in [2.24, 2.45) is 7.05 Å². The van der Waals surface area contributed by atoms with Crippen LogP contribution < -0.4 is 4.72 Å². The summed E-state index contributed by atoms with van der Waals surface area (Å²) < 4.78 is 29.2. The molecule has 0 radical (unpaired) electrons. The predicted octanol–water partition coefficient (Wildman–Crippen LogP) is 3.55. The molecule has 2 N–H and O–H groups in total. The second-order valence-electron chi connectivity index (χ2n) is 5.93. The first-order chi connectivity index (χ1) is 12.7. The Hall–Kier alpha value is -2.84. The number of nitrogens with one attached hydrogen (secondary N) is 1. The lowest BCUT2D eigenvalue weighted by Crippen LogP contribution is -2.15. The summed E-state index contributed by atoms with van der Waals surface area (Å²) in [6.45, 7) is 1.87. The number of aryl methyl sites for hydroxylation is 2. The van der Waals surface area contributed by atoms with Crippen molar-refractivity contribution in [1.29, 1.82) is 0 Å². The third-order valence-corrected chi connectivity index (χ3v) is 5.56. The average molecular weight is 406 g/mol. The summed E-state index contributed by atoms with van der Waals surface area (Å²) >= 11 is 5.79. The maximum atomic E-state index is 12.6. The summed E-state index contributed by atoms with van der Waals surface area (Å²) in [7, 11) is -2.15. The Bertz CT molecular complexity index is 1120. The van der Waals surface area contributed by atoms with E-state index in [1.54, 1.807) is 16.8 Å². The number of nitrogens with zero attached hydrogens (tertiary/aromatic N) is 2. The number of aromatic nitrogens is 2. The number of hydrogen-bond donors (Lipinski definition) is 2. The lowest BCUT2D eigenvalue weighted by atomic mass is 10.1. The summed E-state index contributed by atoms with van der Waals surface area (Å²) in [5, 5.41) is 13.7. The highest BCUT2D eigenvalue weighted by molar-refractivity contribution is 7.92. The molecule has 0 bridgehead atoms. The van der Waals surface area contributed by atoms with Gasteiger partial charge >= 0.3 is 5.97 Å². The van der Waals surface area contributed by atoms with Crippen LogP contribution in [0.5, 0.6) is 0 Å². The number of carboxylic acids is 1. The number of aromatic carboxylic acids is 1. The molecule has 0 atom stereocenters. The van der Waals surface area contributed by atoms with Gasteiger partial charge in [-0.15, -0.1) is 0 Å². The van der Waals surface area contributed by atoms with Crippen molar-refractivity contribution in [3.63, 3.8) is 0 Å². The van der Waals surface area contributed by atoms with Crippen LogP contribution in [0.25, 0.3) is 11.1 Å². The Morgan fingerprint density at radius 3 is 2.41 bits per heavy atom. The number of hydrogen-bond acceptors (Lipinski definition) is 4. The number of carboxylic acid groups (broad SMARTS) is 1. The number of benzene rings is 2. The second kappa shape index (κ2) is 7.05. The first-order valence-electron chi connectivity index (χ1n) is 7.84. The minimum atomic E-state index is -3.96. The molecule has 0 amide bonds. The molecule has 0 saturated carbocycles.